The minimum atomic E-state index is -0.0405. The lowest BCUT2D eigenvalue weighted by atomic mass is 10.4. The summed E-state index contributed by atoms with van der Waals surface area (Å²) in [5.41, 5.74) is 8.17. The number of aromatic nitrogens is 2. The first-order chi connectivity index (χ1) is 8.20. The van der Waals surface area contributed by atoms with E-state index >= 15 is 0 Å². The van der Waals surface area contributed by atoms with E-state index in [9.17, 15) is 4.79 Å². The van der Waals surface area contributed by atoms with Gasteiger partial charge in [0, 0.05) is 24.9 Å². The van der Waals surface area contributed by atoms with E-state index in [4.69, 9.17) is 5.73 Å². The van der Waals surface area contributed by atoms with Crippen molar-refractivity contribution in [2.75, 3.05) is 6.54 Å². The Morgan fingerprint density at radius 3 is 3.06 bits per heavy atom. The Balaban J connectivity index is 2.10. The van der Waals surface area contributed by atoms with Crippen LogP contribution in [0.5, 0.6) is 0 Å². The monoisotopic (exact) mass is 232 g/mol. The summed E-state index contributed by atoms with van der Waals surface area (Å²) in [7, 11) is 0. The highest BCUT2D eigenvalue weighted by molar-refractivity contribution is 5.75. The van der Waals surface area contributed by atoms with Gasteiger partial charge in [-0.25, -0.2) is 4.98 Å². The molecule has 5 heteroatoms. The fourth-order valence-corrected chi connectivity index (χ4v) is 1.69. The molecule has 0 aliphatic heterocycles. The number of amides is 1. The van der Waals surface area contributed by atoms with Crippen LogP contribution < -0.4 is 11.1 Å². The number of rotatable bonds is 4. The van der Waals surface area contributed by atoms with Crippen LogP contribution in [0.25, 0.3) is 5.65 Å². The predicted octanol–water partition coefficient (Wildman–Crippen LogP) is 0.608. The standard InChI is InChI=1S/C12H16N4O/c1-9-3-2-4-11-15-10(8-16(9)11)7-14-12(17)5-6-13/h2-4,8H,5-7,13H2,1H3,(H,14,17). The van der Waals surface area contributed by atoms with Crippen LogP contribution in [-0.2, 0) is 11.3 Å². The number of hydrogen-bond acceptors (Lipinski definition) is 3. The van der Waals surface area contributed by atoms with E-state index in [2.05, 4.69) is 10.3 Å². The quantitative estimate of drug-likeness (QED) is 0.811. The average molecular weight is 232 g/mol. The van der Waals surface area contributed by atoms with E-state index in [1.807, 2.05) is 35.7 Å². The van der Waals surface area contributed by atoms with Crippen LogP contribution in [0.4, 0.5) is 0 Å². The first-order valence-corrected chi connectivity index (χ1v) is 5.61. The zero-order valence-corrected chi connectivity index (χ0v) is 9.81. The van der Waals surface area contributed by atoms with Gasteiger partial charge in [-0.3, -0.25) is 4.79 Å². The van der Waals surface area contributed by atoms with Crippen molar-refractivity contribution < 1.29 is 4.79 Å². The van der Waals surface area contributed by atoms with Gasteiger partial charge in [0.15, 0.2) is 0 Å². The first kappa shape index (κ1) is 11.6. The van der Waals surface area contributed by atoms with Crippen LogP contribution in [0.15, 0.2) is 24.4 Å². The Bertz CT molecular complexity index is 532. The summed E-state index contributed by atoms with van der Waals surface area (Å²) in [6.07, 6.45) is 2.29. The van der Waals surface area contributed by atoms with E-state index in [1.54, 1.807) is 0 Å². The largest absolute Gasteiger partial charge is 0.350 e. The highest BCUT2D eigenvalue weighted by Gasteiger charge is 2.04. The second kappa shape index (κ2) is 4.97. The lowest BCUT2D eigenvalue weighted by Gasteiger charge is -2.00. The van der Waals surface area contributed by atoms with Gasteiger partial charge in [-0.05, 0) is 19.1 Å². The Hall–Kier alpha value is -1.88. The normalized spacial score (nSPS) is 10.7. The molecule has 2 aromatic rings. The molecule has 0 aliphatic rings. The Kier molecular flexibility index (Phi) is 3.39. The number of hydrogen-bond donors (Lipinski definition) is 2. The SMILES string of the molecule is Cc1cccc2nc(CNC(=O)CCN)cn12. The highest BCUT2D eigenvalue weighted by atomic mass is 16.1. The summed E-state index contributed by atoms with van der Waals surface area (Å²) in [5.74, 6) is -0.0405. The summed E-state index contributed by atoms with van der Waals surface area (Å²) in [6.45, 7) is 2.83. The minimum absolute atomic E-state index is 0.0405. The van der Waals surface area contributed by atoms with Crippen LogP contribution in [0.3, 0.4) is 0 Å². The molecule has 5 nitrogen and oxygen atoms in total. The van der Waals surface area contributed by atoms with Crippen molar-refractivity contribution in [2.45, 2.75) is 19.9 Å². The topological polar surface area (TPSA) is 72.4 Å². The molecular formula is C12H16N4O. The average Bonchev–Trinajstić information content (AvgIpc) is 2.71. The lowest BCUT2D eigenvalue weighted by Crippen LogP contribution is -2.25. The van der Waals surface area contributed by atoms with E-state index in [0.717, 1.165) is 17.0 Å². The first-order valence-electron chi connectivity index (χ1n) is 5.61. The molecule has 3 N–H and O–H groups in total. The van der Waals surface area contributed by atoms with Crippen LogP contribution in [-0.4, -0.2) is 21.8 Å². The molecule has 2 rings (SSSR count). The van der Waals surface area contributed by atoms with Gasteiger partial charge in [0.2, 0.25) is 5.91 Å². The molecule has 0 unspecified atom stereocenters. The number of nitrogens with two attached hydrogens (primary N) is 1. The highest BCUT2D eigenvalue weighted by Crippen LogP contribution is 2.08. The number of imidazole rings is 1. The molecule has 2 heterocycles. The number of aryl methyl sites for hydroxylation is 1. The fraction of sp³-hybridized carbons (Fsp3) is 0.333. The van der Waals surface area contributed by atoms with E-state index in [-0.39, 0.29) is 5.91 Å². The second-order valence-electron chi connectivity index (χ2n) is 3.94. The smallest absolute Gasteiger partial charge is 0.221 e. The summed E-state index contributed by atoms with van der Waals surface area (Å²) >= 11 is 0. The second-order valence-corrected chi connectivity index (χ2v) is 3.94. The van der Waals surface area contributed by atoms with Crippen LogP contribution in [0.2, 0.25) is 0 Å². The molecule has 0 saturated carbocycles. The minimum Gasteiger partial charge on any atom is -0.350 e. The third-order valence-corrected chi connectivity index (χ3v) is 2.58. The fourth-order valence-electron chi connectivity index (χ4n) is 1.69. The van der Waals surface area contributed by atoms with Crippen molar-refractivity contribution in [1.29, 1.82) is 0 Å². The summed E-state index contributed by atoms with van der Waals surface area (Å²) in [6, 6.07) is 5.93. The third kappa shape index (κ3) is 2.62. The number of pyridine rings is 1. The molecule has 2 aromatic heterocycles. The molecule has 0 aliphatic carbocycles. The van der Waals surface area contributed by atoms with Gasteiger partial charge in [-0.2, -0.15) is 0 Å². The van der Waals surface area contributed by atoms with E-state index < -0.39 is 0 Å². The number of nitrogens with one attached hydrogen (secondary N) is 1. The number of fused-ring (bicyclic) bond motifs is 1. The van der Waals surface area contributed by atoms with Gasteiger partial charge in [0.1, 0.15) is 5.65 Å². The summed E-state index contributed by atoms with van der Waals surface area (Å²) in [4.78, 5) is 15.7. The maximum Gasteiger partial charge on any atom is 0.221 e. The van der Waals surface area contributed by atoms with Crippen molar-refractivity contribution >= 4 is 11.6 Å². The number of nitrogens with zero attached hydrogens (tertiary/aromatic N) is 2. The molecule has 0 aromatic carbocycles. The number of carbonyl (C=O) groups is 1. The molecule has 0 saturated heterocycles. The molecule has 0 fully saturated rings. The molecule has 0 radical (unpaired) electrons. The Morgan fingerprint density at radius 1 is 1.53 bits per heavy atom. The maximum absolute atomic E-state index is 11.3. The van der Waals surface area contributed by atoms with Crippen LogP contribution >= 0.6 is 0 Å². The Morgan fingerprint density at radius 2 is 2.35 bits per heavy atom. The van der Waals surface area contributed by atoms with Crippen molar-refractivity contribution in [3.05, 3.63) is 35.8 Å². The Labute approximate surface area is 99.6 Å². The molecule has 1 amide bonds. The zero-order valence-electron chi connectivity index (χ0n) is 9.81. The van der Waals surface area contributed by atoms with Gasteiger partial charge >= 0.3 is 0 Å². The maximum atomic E-state index is 11.3. The van der Waals surface area contributed by atoms with Crippen LogP contribution in [0.1, 0.15) is 17.8 Å². The molecule has 0 spiro atoms. The van der Waals surface area contributed by atoms with E-state index in [1.165, 1.54) is 0 Å². The summed E-state index contributed by atoms with van der Waals surface area (Å²) in [5, 5.41) is 2.79. The van der Waals surface area contributed by atoms with Gasteiger partial charge in [0.05, 0.1) is 12.2 Å². The molecule has 0 bridgehead atoms. The van der Waals surface area contributed by atoms with Crippen molar-refractivity contribution in [1.82, 2.24) is 14.7 Å². The lowest BCUT2D eigenvalue weighted by molar-refractivity contribution is -0.121. The van der Waals surface area contributed by atoms with Crippen LogP contribution in [0, 0.1) is 6.92 Å². The number of carbonyl (C=O) groups excluding carboxylic acids is 1. The molecular weight excluding hydrogens is 216 g/mol. The third-order valence-electron chi connectivity index (χ3n) is 2.58. The van der Waals surface area contributed by atoms with E-state index in [0.29, 0.717) is 19.5 Å². The molecule has 0 atom stereocenters. The van der Waals surface area contributed by atoms with Crippen molar-refractivity contribution in [3.63, 3.8) is 0 Å². The van der Waals surface area contributed by atoms with Gasteiger partial charge < -0.3 is 15.5 Å². The van der Waals surface area contributed by atoms with Gasteiger partial charge in [0.25, 0.3) is 0 Å². The van der Waals surface area contributed by atoms with Crippen molar-refractivity contribution in [3.8, 4) is 0 Å². The van der Waals surface area contributed by atoms with Crippen molar-refractivity contribution in [2.24, 2.45) is 5.73 Å². The van der Waals surface area contributed by atoms with Gasteiger partial charge in [-0.1, -0.05) is 6.07 Å². The predicted molar refractivity (Wildman–Crippen MR) is 65.4 cm³/mol. The van der Waals surface area contributed by atoms with Gasteiger partial charge in [-0.15, -0.1) is 0 Å². The molecule has 17 heavy (non-hydrogen) atoms. The summed E-state index contributed by atoms with van der Waals surface area (Å²) < 4.78 is 2.00. The zero-order chi connectivity index (χ0) is 12.3. The molecule has 90 valence electrons.